The molecule has 1 amide bonds. The Labute approximate surface area is 173 Å². The van der Waals surface area contributed by atoms with Gasteiger partial charge in [0.1, 0.15) is 0 Å². The minimum absolute atomic E-state index is 0.0403. The lowest BCUT2D eigenvalue weighted by Gasteiger charge is -2.15. The van der Waals surface area contributed by atoms with E-state index in [1.54, 1.807) is 9.58 Å². The van der Waals surface area contributed by atoms with E-state index in [1.807, 2.05) is 37.6 Å². The molecule has 0 saturated carbocycles. The quantitative estimate of drug-likeness (QED) is 0.551. The number of fused-ring (bicyclic) bond motifs is 1. The Morgan fingerprint density at radius 2 is 2.03 bits per heavy atom. The van der Waals surface area contributed by atoms with Gasteiger partial charge in [-0.1, -0.05) is 24.3 Å². The molecule has 2 aromatic carbocycles. The summed E-state index contributed by atoms with van der Waals surface area (Å²) < 4.78 is 1.79. The van der Waals surface area contributed by atoms with E-state index < -0.39 is 6.10 Å². The number of aromatic nitrogens is 4. The summed E-state index contributed by atoms with van der Waals surface area (Å²) in [6, 6.07) is 14.0. The second kappa shape index (κ2) is 7.42. The molecule has 0 aliphatic carbocycles. The molecule has 30 heavy (non-hydrogen) atoms. The fourth-order valence-corrected chi connectivity index (χ4v) is 4.03. The fourth-order valence-electron chi connectivity index (χ4n) is 4.03. The van der Waals surface area contributed by atoms with Gasteiger partial charge in [-0.05, 0) is 35.7 Å². The molecule has 1 unspecified atom stereocenters. The molecule has 1 aliphatic heterocycles. The van der Waals surface area contributed by atoms with Crippen LogP contribution in [0.5, 0.6) is 0 Å². The van der Waals surface area contributed by atoms with Crippen molar-refractivity contribution in [2.24, 2.45) is 7.05 Å². The first-order valence-corrected chi connectivity index (χ1v) is 10.1. The lowest BCUT2D eigenvalue weighted by Crippen LogP contribution is -2.29. The van der Waals surface area contributed by atoms with Gasteiger partial charge in [0.15, 0.2) is 0 Å². The highest BCUT2D eigenvalue weighted by atomic mass is 16.3. The van der Waals surface area contributed by atoms with Crippen molar-refractivity contribution in [2.75, 3.05) is 13.1 Å². The van der Waals surface area contributed by atoms with E-state index in [4.69, 9.17) is 0 Å². The van der Waals surface area contributed by atoms with Crippen LogP contribution >= 0.6 is 0 Å². The highest BCUT2D eigenvalue weighted by molar-refractivity contribution is 5.98. The van der Waals surface area contributed by atoms with Crippen molar-refractivity contribution in [3.63, 3.8) is 0 Å². The van der Waals surface area contributed by atoms with Gasteiger partial charge >= 0.3 is 0 Å². The summed E-state index contributed by atoms with van der Waals surface area (Å²) in [7, 11) is 1.91. The molecule has 0 spiro atoms. The molecule has 0 radical (unpaired) electrons. The third-order valence-corrected chi connectivity index (χ3v) is 5.70. The van der Waals surface area contributed by atoms with Gasteiger partial charge in [-0.15, -0.1) is 0 Å². The van der Waals surface area contributed by atoms with Gasteiger partial charge in [0.05, 0.1) is 17.8 Å². The summed E-state index contributed by atoms with van der Waals surface area (Å²) in [6.45, 7) is 0.998. The van der Waals surface area contributed by atoms with Crippen LogP contribution in [0, 0.1) is 0 Å². The average Bonchev–Trinajstić information content (AvgIpc) is 3.48. The second-order valence-electron chi connectivity index (χ2n) is 7.90. The van der Waals surface area contributed by atoms with Gasteiger partial charge < -0.3 is 10.0 Å². The van der Waals surface area contributed by atoms with Gasteiger partial charge in [-0.25, -0.2) is 0 Å². The maximum atomic E-state index is 12.8. The number of aliphatic hydroxyl groups is 1. The van der Waals surface area contributed by atoms with Crippen molar-refractivity contribution in [3.05, 3.63) is 71.7 Å². The largest absolute Gasteiger partial charge is 0.391 e. The number of H-pyrrole nitrogens is 1. The zero-order valence-corrected chi connectivity index (χ0v) is 16.7. The van der Waals surface area contributed by atoms with Crippen LogP contribution in [0.15, 0.2) is 54.9 Å². The molecule has 1 atom stereocenters. The molecule has 0 bridgehead atoms. The molecule has 2 N–H and O–H groups in total. The maximum Gasteiger partial charge on any atom is 0.253 e. The molecular weight excluding hydrogens is 378 g/mol. The third-order valence-electron chi connectivity index (χ3n) is 5.70. The van der Waals surface area contributed by atoms with E-state index in [0.29, 0.717) is 31.5 Å². The molecular formula is C23H23N5O2. The number of carbonyl (C=O) groups is 1. The van der Waals surface area contributed by atoms with Crippen molar-refractivity contribution >= 4 is 16.8 Å². The molecule has 2 aromatic heterocycles. The van der Waals surface area contributed by atoms with Crippen LogP contribution in [0.2, 0.25) is 0 Å². The standard InChI is InChI=1S/C23H23N5O2/c1-27-13-18(12-24-27)16-4-2-15(3-5-16)10-22-20-11-17(6-7-21(20)25-26-22)23(30)28-9-8-19(29)14-28/h2-7,11-13,19,29H,8-10,14H2,1H3,(H,25,26). The molecule has 152 valence electrons. The number of hydrogen-bond donors (Lipinski definition) is 2. The number of hydrogen-bond acceptors (Lipinski definition) is 4. The Balaban J connectivity index is 1.38. The number of nitrogens with zero attached hydrogens (tertiary/aromatic N) is 4. The van der Waals surface area contributed by atoms with Crippen molar-refractivity contribution in [2.45, 2.75) is 18.9 Å². The first-order valence-electron chi connectivity index (χ1n) is 10.1. The predicted octanol–water partition coefficient (Wildman–Crippen LogP) is 2.76. The number of benzene rings is 2. The van der Waals surface area contributed by atoms with Crippen LogP contribution in [0.1, 0.15) is 28.0 Å². The van der Waals surface area contributed by atoms with Gasteiger partial charge in [0.2, 0.25) is 0 Å². The number of aromatic amines is 1. The van der Waals surface area contributed by atoms with E-state index in [0.717, 1.165) is 33.3 Å². The van der Waals surface area contributed by atoms with Crippen molar-refractivity contribution in [3.8, 4) is 11.1 Å². The number of nitrogens with one attached hydrogen (secondary N) is 1. The minimum Gasteiger partial charge on any atom is -0.391 e. The van der Waals surface area contributed by atoms with Gasteiger partial charge in [-0.2, -0.15) is 10.2 Å². The Hall–Kier alpha value is -3.45. The van der Waals surface area contributed by atoms with Gasteiger partial charge in [-0.3, -0.25) is 14.6 Å². The SMILES string of the molecule is Cn1cc(-c2ccc(Cc3[nH]nc4ccc(C(=O)N5CCC(O)C5)cc34)cc2)cn1. The van der Waals surface area contributed by atoms with Gasteiger partial charge in [0.25, 0.3) is 5.91 Å². The molecule has 4 aromatic rings. The topological polar surface area (TPSA) is 87.0 Å². The fraction of sp³-hybridized carbons (Fsp3) is 0.261. The summed E-state index contributed by atoms with van der Waals surface area (Å²) in [5.74, 6) is -0.0403. The molecule has 1 fully saturated rings. The molecule has 3 heterocycles. The Kier molecular flexibility index (Phi) is 4.59. The summed E-state index contributed by atoms with van der Waals surface area (Å²) >= 11 is 0. The van der Waals surface area contributed by atoms with Gasteiger partial charge in [0, 0.05) is 55.0 Å². The molecule has 5 rings (SSSR count). The third kappa shape index (κ3) is 3.48. The Morgan fingerprint density at radius 3 is 2.73 bits per heavy atom. The van der Waals surface area contributed by atoms with Crippen LogP contribution < -0.4 is 0 Å². The van der Waals surface area contributed by atoms with Crippen LogP contribution in [-0.4, -0.2) is 55.1 Å². The number of likely N-dealkylation sites (tertiary alicyclic amines) is 1. The number of aryl methyl sites for hydroxylation is 1. The van der Waals surface area contributed by atoms with E-state index in [-0.39, 0.29) is 5.91 Å². The molecule has 1 saturated heterocycles. The minimum atomic E-state index is -0.420. The summed E-state index contributed by atoms with van der Waals surface area (Å²) in [5, 5.41) is 22.4. The average molecular weight is 401 g/mol. The van der Waals surface area contributed by atoms with E-state index in [1.165, 1.54) is 0 Å². The first-order chi connectivity index (χ1) is 14.6. The number of amides is 1. The van der Waals surface area contributed by atoms with E-state index in [9.17, 15) is 9.90 Å². The maximum absolute atomic E-state index is 12.8. The van der Waals surface area contributed by atoms with E-state index in [2.05, 4.69) is 39.6 Å². The second-order valence-corrected chi connectivity index (χ2v) is 7.90. The number of carbonyl (C=O) groups excluding carboxylic acids is 1. The highest BCUT2D eigenvalue weighted by Crippen LogP contribution is 2.24. The van der Waals surface area contributed by atoms with Crippen molar-refractivity contribution in [1.29, 1.82) is 0 Å². The molecule has 7 heteroatoms. The van der Waals surface area contributed by atoms with Crippen LogP contribution in [0.3, 0.4) is 0 Å². The Bertz CT molecular complexity index is 1210. The van der Waals surface area contributed by atoms with E-state index >= 15 is 0 Å². The lowest BCUT2D eigenvalue weighted by atomic mass is 10.0. The molecule has 7 nitrogen and oxygen atoms in total. The smallest absolute Gasteiger partial charge is 0.253 e. The summed E-state index contributed by atoms with van der Waals surface area (Å²) in [4.78, 5) is 14.5. The zero-order chi connectivity index (χ0) is 20.7. The summed E-state index contributed by atoms with van der Waals surface area (Å²) in [6.07, 6.45) is 4.77. The number of aliphatic hydroxyl groups excluding tert-OH is 1. The first kappa shape index (κ1) is 18.6. The normalized spacial score (nSPS) is 16.5. The lowest BCUT2D eigenvalue weighted by molar-refractivity contribution is 0.0765. The van der Waals surface area contributed by atoms with Crippen LogP contribution in [0.4, 0.5) is 0 Å². The highest BCUT2D eigenvalue weighted by Gasteiger charge is 2.25. The Morgan fingerprint density at radius 1 is 1.20 bits per heavy atom. The van der Waals surface area contributed by atoms with Crippen LogP contribution in [-0.2, 0) is 13.5 Å². The molecule has 1 aliphatic rings. The van der Waals surface area contributed by atoms with Crippen molar-refractivity contribution in [1.82, 2.24) is 24.9 Å². The zero-order valence-electron chi connectivity index (χ0n) is 16.7. The predicted molar refractivity (Wildman–Crippen MR) is 114 cm³/mol. The summed E-state index contributed by atoms with van der Waals surface area (Å²) in [5.41, 5.74) is 5.83. The van der Waals surface area contributed by atoms with Crippen molar-refractivity contribution < 1.29 is 9.90 Å². The number of β-amino-alcohol motifs (C(OH)–C–C–N with tert-alkyl or cyclic N) is 1. The van der Waals surface area contributed by atoms with Crippen LogP contribution in [0.25, 0.3) is 22.0 Å². The number of rotatable bonds is 4. The monoisotopic (exact) mass is 401 g/mol.